The topological polar surface area (TPSA) is 57.3 Å². The molecule has 1 aliphatic heterocycles. The maximum Gasteiger partial charge on any atom is 0.319 e. The van der Waals surface area contributed by atoms with Crippen molar-refractivity contribution in [2.75, 3.05) is 23.3 Å². The van der Waals surface area contributed by atoms with Gasteiger partial charge in [-0.1, -0.05) is 0 Å². The summed E-state index contributed by atoms with van der Waals surface area (Å²) in [6.07, 6.45) is 5.10. The number of halogens is 2. The van der Waals surface area contributed by atoms with Gasteiger partial charge in [-0.15, -0.1) is 0 Å². The predicted octanol–water partition coefficient (Wildman–Crippen LogP) is 3.28. The van der Waals surface area contributed by atoms with Crippen LogP contribution in [0.3, 0.4) is 0 Å². The number of rotatable bonds is 4. The van der Waals surface area contributed by atoms with Crippen LogP contribution in [-0.2, 0) is 6.54 Å². The number of carbonyl (C=O) groups is 1. The Labute approximate surface area is 138 Å². The van der Waals surface area contributed by atoms with Crippen LogP contribution < -0.4 is 15.5 Å². The number of anilines is 2. The van der Waals surface area contributed by atoms with Gasteiger partial charge >= 0.3 is 6.03 Å². The lowest BCUT2D eigenvalue weighted by molar-refractivity contribution is 0.251. The molecule has 0 atom stereocenters. The van der Waals surface area contributed by atoms with E-state index in [1.807, 2.05) is 0 Å². The molecule has 24 heavy (non-hydrogen) atoms. The number of hydrogen-bond acceptors (Lipinski definition) is 3. The molecule has 2 aromatic rings. The zero-order valence-corrected chi connectivity index (χ0v) is 13.1. The van der Waals surface area contributed by atoms with Gasteiger partial charge in [0.05, 0.1) is 0 Å². The van der Waals surface area contributed by atoms with E-state index in [0.717, 1.165) is 30.5 Å². The quantitative estimate of drug-likeness (QED) is 0.903. The third-order valence-electron chi connectivity index (χ3n) is 3.90. The first kappa shape index (κ1) is 16.2. The van der Waals surface area contributed by atoms with Crippen LogP contribution in [0.5, 0.6) is 0 Å². The molecule has 0 spiro atoms. The maximum absolute atomic E-state index is 14.2. The Bertz CT molecular complexity index is 695. The highest BCUT2D eigenvalue weighted by Gasteiger charge is 2.21. The average molecular weight is 332 g/mol. The zero-order valence-electron chi connectivity index (χ0n) is 13.1. The Balaban J connectivity index is 1.63. The van der Waals surface area contributed by atoms with Crippen molar-refractivity contribution in [1.29, 1.82) is 0 Å². The van der Waals surface area contributed by atoms with Gasteiger partial charge in [0.15, 0.2) is 11.6 Å². The summed E-state index contributed by atoms with van der Waals surface area (Å²) in [6, 6.07) is 5.29. The third kappa shape index (κ3) is 3.79. The predicted molar refractivity (Wildman–Crippen MR) is 87.9 cm³/mol. The number of pyridine rings is 1. The molecule has 0 radical (unpaired) electrons. The van der Waals surface area contributed by atoms with E-state index in [9.17, 15) is 13.6 Å². The summed E-state index contributed by atoms with van der Waals surface area (Å²) >= 11 is 0. The Morgan fingerprint density at radius 2 is 1.75 bits per heavy atom. The highest BCUT2D eigenvalue weighted by molar-refractivity contribution is 5.89. The Morgan fingerprint density at radius 3 is 2.38 bits per heavy atom. The molecular weight excluding hydrogens is 314 g/mol. The largest absolute Gasteiger partial charge is 0.367 e. The van der Waals surface area contributed by atoms with E-state index >= 15 is 0 Å². The van der Waals surface area contributed by atoms with Crippen molar-refractivity contribution >= 4 is 17.4 Å². The van der Waals surface area contributed by atoms with Crippen LogP contribution in [0.15, 0.2) is 36.7 Å². The van der Waals surface area contributed by atoms with E-state index in [0.29, 0.717) is 19.6 Å². The number of benzene rings is 1. The summed E-state index contributed by atoms with van der Waals surface area (Å²) in [6.45, 7) is 1.59. The summed E-state index contributed by atoms with van der Waals surface area (Å²) in [7, 11) is 0. The van der Waals surface area contributed by atoms with Crippen LogP contribution in [0, 0.1) is 11.6 Å². The molecule has 5 nitrogen and oxygen atoms in total. The molecule has 1 saturated heterocycles. The normalized spacial score (nSPS) is 13.8. The number of aromatic nitrogens is 1. The van der Waals surface area contributed by atoms with Gasteiger partial charge < -0.3 is 15.5 Å². The molecule has 2 amide bonds. The van der Waals surface area contributed by atoms with Gasteiger partial charge in [-0.05, 0) is 42.7 Å². The molecule has 0 aliphatic carbocycles. The van der Waals surface area contributed by atoms with Crippen LogP contribution in [-0.4, -0.2) is 24.1 Å². The molecule has 3 rings (SSSR count). The lowest BCUT2D eigenvalue weighted by Gasteiger charge is -2.20. The number of nitrogens with one attached hydrogen (secondary N) is 2. The van der Waals surface area contributed by atoms with Crippen molar-refractivity contribution in [3.63, 3.8) is 0 Å². The van der Waals surface area contributed by atoms with Crippen LogP contribution >= 0.6 is 0 Å². The first-order valence-corrected chi connectivity index (χ1v) is 7.81. The van der Waals surface area contributed by atoms with Crippen molar-refractivity contribution in [3.05, 3.63) is 53.9 Å². The summed E-state index contributed by atoms with van der Waals surface area (Å²) in [5, 5.41) is 5.07. The van der Waals surface area contributed by atoms with Crippen molar-refractivity contribution in [2.24, 2.45) is 0 Å². The van der Waals surface area contributed by atoms with E-state index in [1.165, 1.54) is 0 Å². The molecule has 1 aromatic heterocycles. The summed E-state index contributed by atoms with van der Waals surface area (Å²) in [4.78, 5) is 17.4. The Kier molecular flexibility index (Phi) is 4.88. The van der Waals surface area contributed by atoms with Crippen molar-refractivity contribution in [3.8, 4) is 0 Å². The molecule has 0 saturated carbocycles. The van der Waals surface area contributed by atoms with Crippen LogP contribution in [0.2, 0.25) is 0 Å². The number of amides is 2. The van der Waals surface area contributed by atoms with Gasteiger partial charge in [0.25, 0.3) is 0 Å². The molecule has 0 unspecified atom stereocenters. The number of carbonyl (C=O) groups excluding carboxylic acids is 1. The fourth-order valence-electron chi connectivity index (χ4n) is 2.74. The average Bonchev–Trinajstić information content (AvgIpc) is 3.07. The first-order valence-electron chi connectivity index (χ1n) is 7.81. The fraction of sp³-hybridized carbons (Fsp3) is 0.294. The Morgan fingerprint density at radius 1 is 1.12 bits per heavy atom. The molecule has 126 valence electrons. The third-order valence-corrected chi connectivity index (χ3v) is 3.90. The lowest BCUT2D eigenvalue weighted by atomic mass is 10.2. The molecular formula is C17H18F2N4O. The monoisotopic (exact) mass is 332 g/mol. The van der Waals surface area contributed by atoms with Gasteiger partial charge in [-0.25, -0.2) is 13.6 Å². The summed E-state index contributed by atoms with van der Waals surface area (Å²) < 4.78 is 28.4. The second-order valence-electron chi connectivity index (χ2n) is 5.65. The van der Waals surface area contributed by atoms with Crippen LogP contribution in [0.4, 0.5) is 25.0 Å². The van der Waals surface area contributed by atoms with Gasteiger partial charge in [0.2, 0.25) is 0 Å². The standard InChI is InChI=1S/C17H18F2N4O/c18-14-9-13(10-15(19)16(14)23-7-1-2-8-23)22-17(24)21-11-12-3-5-20-6-4-12/h3-6,9-10H,1-2,7-8,11H2,(H2,21,22,24). The fourth-order valence-corrected chi connectivity index (χ4v) is 2.74. The van der Waals surface area contributed by atoms with Crippen LogP contribution in [0.1, 0.15) is 18.4 Å². The molecule has 7 heteroatoms. The van der Waals surface area contributed by atoms with E-state index in [2.05, 4.69) is 15.6 Å². The van der Waals surface area contributed by atoms with Gasteiger partial charge in [-0.2, -0.15) is 0 Å². The van der Waals surface area contributed by atoms with Crippen LogP contribution in [0.25, 0.3) is 0 Å². The molecule has 1 aliphatic rings. The van der Waals surface area contributed by atoms with E-state index in [4.69, 9.17) is 0 Å². The summed E-state index contributed by atoms with van der Waals surface area (Å²) in [5.41, 5.74) is 0.942. The molecule has 1 aromatic carbocycles. The zero-order chi connectivity index (χ0) is 16.9. The lowest BCUT2D eigenvalue weighted by Crippen LogP contribution is -2.28. The van der Waals surface area contributed by atoms with Gasteiger partial charge in [0, 0.05) is 37.7 Å². The minimum atomic E-state index is -0.665. The van der Waals surface area contributed by atoms with Gasteiger partial charge in [0.1, 0.15) is 5.69 Å². The van der Waals surface area contributed by atoms with E-state index in [1.54, 1.807) is 29.4 Å². The van der Waals surface area contributed by atoms with Crippen molar-refractivity contribution < 1.29 is 13.6 Å². The second kappa shape index (κ2) is 7.25. The highest BCUT2D eigenvalue weighted by atomic mass is 19.1. The highest BCUT2D eigenvalue weighted by Crippen LogP contribution is 2.29. The number of urea groups is 1. The Hall–Kier alpha value is -2.70. The minimum absolute atomic E-state index is 0.0183. The number of hydrogen-bond donors (Lipinski definition) is 2. The molecule has 1 fully saturated rings. The number of nitrogens with zero attached hydrogens (tertiary/aromatic N) is 2. The maximum atomic E-state index is 14.2. The van der Waals surface area contributed by atoms with Crippen molar-refractivity contribution in [1.82, 2.24) is 10.3 Å². The molecule has 0 bridgehead atoms. The molecule has 2 heterocycles. The van der Waals surface area contributed by atoms with E-state index in [-0.39, 0.29) is 11.4 Å². The van der Waals surface area contributed by atoms with Crippen molar-refractivity contribution in [2.45, 2.75) is 19.4 Å². The second-order valence-corrected chi connectivity index (χ2v) is 5.65. The first-order chi connectivity index (χ1) is 11.6. The van der Waals surface area contributed by atoms with E-state index < -0.39 is 17.7 Å². The molecule has 2 N–H and O–H groups in total. The van der Waals surface area contributed by atoms with Gasteiger partial charge in [-0.3, -0.25) is 4.98 Å². The SMILES string of the molecule is O=C(NCc1ccncc1)Nc1cc(F)c(N2CCCC2)c(F)c1. The summed E-state index contributed by atoms with van der Waals surface area (Å²) in [5.74, 6) is -1.33. The smallest absolute Gasteiger partial charge is 0.319 e. The minimum Gasteiger partial charge on any atom is -0.367 e.